The zero-order valence-electron chi connectivity index (χ0n) is 17.2. The molecule has 7 heteroatoms. The van der Waals surface area contributed by atoms with E-state index in [1.165, 1.54) is 12.1 Å². The number of hydrogen-bond acceptors (Lipinski definition) is 5. The van der Waals surface area contributed by atoms with E-state index in [9.17, 15) is 14.0 Å². The third-order valence-electron chi connectivity index (χ3n) is 5.11. The van der Waals surface area contributed by atoms with E-state index in [1.807, 2.05) is 4.57 Å². The largest absolute Gasteiger partial charge is 0.488 e. The number of fused-ring (bicyclic) bond motifs is 3. The third-order valence-corrected chi connectivity index (χ3v) is 5.11. The zero-order valence-corrected chi connectivity index (χ0v) is 17.2. The number of halogens is 1. The third kappa shape index (κ3) is 4.19. The Kier molecular flexibility index (Phi) is 6.37. The first-order valence-corrected chi connectivity index (χ1v) is 9.75. The number of nitrogens with zero attached hydrogens (tertiary/aromatic N) is 1. The number of rotatable bonds is 7. The molecule has 1 unspecified atom stereocenters. The van der Waals surface area contributed by atoms with Gasteiger partial charge in [-0.1, -0.05) is 13.8 Å². The second kappa shape index (κ2) is 8.78. The van der Waals surface area contributed by atoms with Crippen molar-refractivity contribution in [2.45, 2.75) is 33.2 Å². The van der Waals surface area contributed by atoms with Gasteiger partial charge < -0.3 is 18.8 Å². The molecule has 2 heterocycles. The lowest BCUT2D eigenvalue weighted by atomic mass is 9.87. The van der Waals surface area contributed by atoms with Gasteiger partial charge in [0.25, 0.3) is 0 Å². The highest BCUT2D eigenvalue weighted by Crippen LogP contribution is 2.39. The molecule has 0 N–H and O–H groups in total. The van der Waals surface area contributed by atoms with Crippen LogP contribution in [-0.4, -0.2) is 37.5 Å². The highest BCUT2D eigenvalue weighted by molar-refractivity contribution is 5.89. The topological polar surface area (TPSA) is 66.8 Å². The van der Waals surface area contributed by atoms with Gasteiger partial charge in [0.1, 0.15) is 12.2 Å². The van der Waals surface area contributed by atoms with Gasteiger partial charge in [-0.15, -0.1) is 0 Å². The molecular formula is C22H26FNO5. The summed E-state index contributed by atoms with van der Waals surface area (Å²) in [4.78, 5) is 24.7. The van der Waals surface area contributed by atoms with Crippen LogP contribution in [0.2, 0.25) is 0 Å². The van der Waals surface area contributed by atoms with E-state index in [2.05, 4.69) is 13.8 Å². The second-order valence-electron chi connectivity index (χ2n) is 7.36. The van der Waals surface area contributed by atoms with Gasteiger partial charge in [-0.25, -0.2) is 9.18 Å². The Bertz CT molecular complexity index is 966. The molecule has 1 aliphatic heterocycles. The van der Waals surface area contributed by atoms with E-state index in [4.69, 9.17) is 14.2 Å². The van der Waals surface area contributed by atoms with Crippen LogP contribution in [0.25, 0.3) is 11.3 Å². The van der Waals surface area contributed by atoms with Gasteiger partial charge in [0.15, 0.2) is 17.0 Å². The summed E-state index contributed by atoms with van der Waals surface area (Å²) in [6, 6.07) is 4.49. The average Bonchev–Trinajstić information content (AvgIpc) is 2.68. The van der Waals surface area contributed by atoms with Gasteiger partial charge in [0.2, 0.25) is 0 Å². The van der Waals surface area contributed by atoms with Crippen molar-refractivity contribution < 1.29 is 23.4 Å². The van der Waals surface area contributed by atoms with Gasteiger partial charge in [-0.3, -0.25) is 4.79 Å². The van der Waals surface area contributed by atoms with Crippen molar-refractivity contribution in [1.82, 2.24) is 4.57 Å². The Hall–Kier alpha value is -2.67. The number of esters is 1. The summed E-state index contributed by atoms with van der Waals surface area (Å²) in [5.41, 5.74) is 1.67. The Morgan fingerprint density at radius 1 is 1.28 bits per heavy atom. The number of hydrogen-bond donors (Lipinski definition) is 0. The fourth-order valence-electron chi connectivity index (χ4n) is 3.63. The van der Waals surface area contributed by atoms with Crippen LogP contribution in [0, 0.1) is 11.7 Å². The van der Waals surface area contributed by atoms with E-state index in [0.717, 1.165) is 5.56 Å². The number of benzene rings is 1. The standard InChI is InChI=1S/C22H26FNO5/c1-5-28-22(26)16-12-24-18(13(2)3)8-14-9-21(29-7-6-27-4)17(23)10-15(14)19(24)11-20(16)25/h9-13,18H,5-8H2,1-4H3. The summed E-state index contributed by atoms with van der Waals surface area (Å²) in [6.07, 6.45) is 2.18. The van der Waals surface area contributed by atoms with Crippen LogP contribution < -0.4 is 10.2 Å². The summed E-state index contributed by atoms with van der Waals surface area (Å²) in [5.74, 6) is -0.755. The highest BCUT2D eigenvalue weighted by atomic mass is 19.1. The molecule has 0 aliphatic carbocycles. The highest BCUT2D eigenvalue weighted by Gasteiger charge is 2.29. The smallest absolute Gasteiger partial charge is 0.343 e. The van der Waals surface area contributed by atoms with Crippen LogP contribution >= 0.6 is 0 Å². The maximum Gasteiger partial charge on any atom is 0.343 e. The minimum absolute atomic E-state index is 0.00330. The van der Waals surface area contributed by atoms with Gasteiger partial charge >= 0.3 is 5.97 Å². The molecule has 29 heavy (non-hydrogen) atoms. The molecule has 1 aliphatic rings. The van der Waals surface area contributed by atoms with Gasteiger partial charge in [0, 0.05) is 31.0 Å². The van der Waals surface area contributed by atoms with E-state index in [1.54, 1.807) is 26.3 Å². The van der Waals surface area contributed by atoms with Gasteiger partial charge in [-0.2, -0.15) is 0 Å². The molecule has 1 aromatic heterocycles. The monoisotopic (exact) mass is 403 g/mol. The Morgan fingerprint density at radius 3 is 2.69 bits per heavy atom. The van der Waals surface area contributed by atoms with Gasteiger partial charge in [0.05, 0.1) is 18.9 Å². The van der Waals surface area contributed by atoms with Crippen LogP contribution in [0.3, 0.4) is 0 Å². The molecule has 156 valence electrons. The first-order valence-electron chi connectivity index (χ1n) is 9.75. The van der Waals surface area contributed by atoms with Crippen molar-refractivity contribution in [2.24, 2.45) is 5.92 Å². The summed E-state index contributed by atoms with van der Waals surface area (Å²) in [5, 5.41) is 0. The number of ether oxygens (including phenoxy) is 3. The summed E-state index contributed by atoms with van der Waals surface area (Å²) >= 11 is 0. The molecule has 6 nitrogen and oxygen atoms in total. The maximum atomic E-state index is 14.6. The lowest BCUT2D eigenvalue weighted by Crippen LogP contribution is -2.28. The minimum atomic E-state index is -0.644. The van der Waals surface area contributed by atoms with Crippen molar-refractivity contribution in [2.75, 3.05) is 26.9 Å². The molecule has 3 rings (SSSR count). The van der Waals surface area contributed by atoms with Gasteiger partial charge in [-0.05, 0) is 37.0 Å². The second-order valence-corrected chi connectivity index (χ2v) is 7.36. The van der Waals surface area contributed by atoms with Crippen molar-refractivity contribution in [3.05, 3.63) is 51.6 Å². The van der Waals surface area contributed by atoms with Crippen LogP contribution in [0.15, 0.2) is 29.2 Å². The normalized spacial score (nSPS) is 15.0. The number of carbonyl (C=O) groups excluding carboxylic acids is 1. The number of methoxy groups -OCH3 is 1. The van der Waals surface area contributed by atoms with Crippen molar-refractivity contribution in [1.29, 1.82) is 0 Å². The molecule has 0 saturated heterocycles. The number of pyridine rings is 1. The average molecular weight is 403 g/mol. The van der Waals surface area contributed by atoms with E-state index < -0.39 is 17.2 Å². The first kappa shape index (κ1) is 21.0. The SMILES string of the molecule is CCOC(=O)c1cn2c(cc1=O)-c1cc(F)c(OCCOC)cc1CC2C(C)C. The Morgan fingerprint density at radius 2 is 2.03 bits per heavy atom. The maximum absolute atomic E-state index is 14.6. The van der Waals surface area contributed by atoms with Crippen molar-refractivity contribution in [3.8, 4) is 17.0 Å². The summed E-state index contributed by atoms with van der Waals surface area (Å²) < 4.78 is 32.0. The fraction of sp³-hybridized carbons (Fsp3) is 0.455. The molecule has 1 aromatic carbocycles. The molecule has 0 fully saturated rings. The molecule has 0 radical (unpaired) electrons. The lowest BCUT2D eigenvalue weighted by Gasteiger charge is -2.33. The van der Waals surface area contributed by atoms with Crippen molar-refractivity contribution in [3.63, 3.8) is 0 Å². The molecule has 0 spiro atoms. The molecule has 0 bridgehead atoms. The minimum Gasteiger partial charge on any atom is -0.488 e. The van der Waals surface area contributed by atoms with Crippen molar-refractivity contribution >= 4 is 5.97 Å². The molecule has 2 aromatic rings. The zero-order chi connectivity index (χ0) is 21.1. The molecule has 1 atom stereocenters. The Balaban J connectivity index is 2.11. The molecule has 0 amide bonds. The van der Waals surface area contributed by atoms with E-state index in [-0.39, 0.29) is 36.5 Å². The molecular weight excluding hydrogens is 377 g/mol. The predicted molar refractivity (Wildman–Crippen MR) is 107 cm³/mol. The van der Waals surface area contributed by atoms with E-state index in [0.29, 0.717) is 24.3 Å². The first-order chi connectivity index (χ1) is 13.9. The number of carbonyl (C=O) groups is 1. The summed E-state index contributed by atoms with van der Waals surface area (Å²) in [6.45, 7) is 6.63. The van der Waals surface area contributed by atoms with Crippen LogP contribution in [0.4, 0.5) is 4.39 Å². The van der Waals surface area contributed by atoms with Crippen LogP contribution in [-0.2, 0) is 15.9 Å². The summed E-state index contributed by atoms with van der Waals surface area (Å²) in [7, 11) is 1.55. The predicted octanol–water partition coefficient (Wildman–Crippen LogP) is 3.61. The quantitative estimate of drug-likeness (QED) is 0.522. The van der Waals surface area contributed by atoms with E-state index >= 15 is 0 Å². The number of aromatic nitrogens is 1. The fourth-order valence-corrected chi connectivity index (χ4v) is 3.63. The van der Waals surface area contributed by atoms with Crippen LogP contribution in [0.5, 0.6) is 5.75 Å². The van der Waals surface area contributed by atoms with Crippen LogP contribution in [0.1, 0.15) is 42.7 Å². The lowest BCUT2D eigenvalue weighted by molar-refractivity contribution is 0.0523. The Labute approximate surface area is 169 Å². The molecule has 0 saturated carbocycles.